The molecular weight excluding hydrogens is 544 g/mol. The number of amides is 6. The fraction of sp³-hybridized carbons (Fsp3) is 0.379. The molecule has 0 aliphatic carbocycles. The molecule has 1 fully saturated rings. The second-order valence-corrected chi connectivity index (χ2v) is 9.75. The highest BCUT2D eigenvalue weighted by atomic mass is 16.5. The number of hydrogen-bond acceptors (Lipinski definition) is 7. The van der Waals surface area contributed by atoms with E-state index < -0.39 is 48.7 Å². The summed E-state index contributed by atoms with van der Waals surface area (Å²) in [5.74, 6) is -2.83. The van der Waals surface area contributed by atoms with Crippen LogP contribution in [0.5, 0.6) is 0 Å². The van der Waals surface area contributed by atoms with Crippen molar-refractivity contribution in [2.24, 2.45) is 0 Å². The van der Waals surface area contributed by atoms with Crippen molar-refractivity contribution in [2.75, 3.05) is 43.9 Å². The molecule has 0 spiro atoms. The van der Waals surface area contributed by atoms with Crippen LogP contribution in [0.1, 0.15) is 30.4 Å². The predicted octanol–water partition coefficient (Wildman–Crippen LogP) is 1.08. The summed E-state index contributed by atoms with van der Waals surface area (Å²) < 4.78 is 4.60. The summed E-state index contributed by atoms with van der Waals surface area (Å²) in [6.45, 7) is 2.45. The number of likely N-dealkylation sites (tertiary alicyclic amines) is 1. The Hall–Kier alpha value is -4.94. The van der Waals surface area contributed by atoms with Gasteiger partial charge in [0.15, 0.2) is 0 Å². The van der Waals surface area contributed by atoms with Gasteiger partial charge in [-0.2, -0.15) is 0 Å². The number of para-hydroxylation sites is 1. The number of urea groups is 1. The van der Waals surface area contributed by atoms with Gasteiger partial charge in [0.25, 0.3) is 0 Å². The molecule has 3 rings (SSSR count). The molecule has 2 aromatic carbocycles. The number of carbonyl (C=O) groups excluding carboxylic acids is 6. The molecule has 0 radical (unpaired) electrons. The fourth-order valence-corrected chi connectivity index (χ4v) is 4.20. The van der Waals surface area contributed by atoms with E-state index >= 15 is 0 Å². The van der Waals surface area contributed by atoms with E-state index in [1.807, 2.05) is 25.1 Å². The Bertz CT molecular complexity index is 1290. The SMILES string of the molecule is COC(=O)CC(NC(=O)CNC(=O)Cc1ccc(NC(=O)Nc2ccccc2C)cc1)C(=O)NCC(=O)N1CCCC1. The number of nitrogens with zero attached hydrogens (tertiary/aromatic N) is 1. The maximum absolute atomic E-state index is 12.6. The third kappa shape index (κ3) is 10.2. The van der Waals surface area contributed by atoms with Gasteiger partial charge >= 0.3 is 12.0 Å². The lowest BCUT2D eigenvalue weighted by Gasteiger charge is -2.19. The first-order valence-electron chi connectivity index (χ1n) is 13.6. The van der Waals surface area contributed by atoms with E-state index in [0.717, 1.165) is 25.5 Å². The van der Waals surface area contributed by atoms with Crippen LogP contribution in [0.2, 0.25) is 0 Å². The Balaban J connectivity index is 1.43. The second-order valence-electron chi connectivity index (χ2n) is 9.75. The van der Waals surface area contributed by atoms with Crippen molar-refractivity contribution in [1.29, 1.82) is 0 Å². The van der Waals surface area contributed by atoms with E-state index in [9.17, 15) is 28.8 Å². The highest BCUT2D eigenvalue weighted by Crippen LogP contribution is 2.15. The van der Waals surface area contributed by atoms with Crippen LogP contribution in [0.4, 0.5) is 16.2 Å². The Morgan fingerprint density at radius 2 is 1.55 bits per heavy atom. The highest BCUT2D eigenvalue weighted by Gasteiger charge is 2.26. The second kappa shape index (κ2) is 15.7. The minimum Gasteiger partial charge on any atom is -0.469 e. The number of ether oxygens (including phenoxy) is 1. The molecule has 1 heterocycles. The molecule has 1 unspecified atom stereocenters. The third-order valence-electron chi connectivity index (χ3n) is 6.54. The van der Waals surface area contributed by atoms with Crippen molar-refractivity contribution in [3.8, 4) is 0 Å². The van der Waals surface area contributed by atoms with Gasteiger partial charge in [-0.15, -0.1) is 0 Å². The number of methoxy groups -OCH3 is 1. The van der Waals surface area contributed by atoms with E-state index in [4.69, 9.17) is 0 Å². The van der Waals surface area contributed by atoms with Crippen molar-refractivity contribution in [1.82, 2.24) is 20.9 Å². The topological polar surface area (TPSA) is 175 Å². The first kappa shape index (κ1) is 31.6. The van der Waals surface area contributed by atoms with Crippen molar-refractivity contribution in [2.45, 2.75) is 38.6 Å². The molecule has 0 aromatic heterocycles. The normalized spacial score (nSPS) is 13.0. The Labute approximate surface area is 243 Å². The zero-order chi connectivity index (χ0) is 30.5. The van der Waals surface area contributed by atoms with Crippen LogP contribution < -0.4 is 26.6 Å². The molecule has 13 nitrogen and oxygen atoms in total. The maximum atomic E-state index is 12.6. The highest BCUT2D eigenvalue weighted by molar-refractivity contribution is 6.00. The van der Waals surface area contributed by atoms with Crippen LogP contribution in [-0.4, -0.2) is 79.9 Å². The molecule has 0 saturated carbocycles. The lowest BCUT2D eigenvalue weighted by atomic mass is 10.1. The average Bonchev–Trinajstić information content (AvgIpc) is 3.52. The summed E-state index contributed by atoms with van der Waals surface area (Å²) in [5.41, 5.74) is 2.79. The summed E-state index contributed by atoms with van der Waals surface area (Å²) in [5, 5.41) is 12.8. The molecule has 1 saturated heterocycles. The molecule has 42 heavy (non-hydrogen) atoms. The third-order valence-corrected chi connectivity index (χ3v) is 6.54. The number of esters is 1. The molecule has 0 bridgehead atoms. The molecule has 1 aliphatic heterocycles. The fourth-order valence-electron chi connectivity index (χ4n) is 4.20. The Kier molecular flexibility index (Phi) is 11.8. The number of benzene rings is 2. The van der Waals surface area contributed by atoms with Crippen LogP contribution >= 0.6 is 0 Å². The smallest absolute Gasteiger partial charge is 0.323 e. The summed E-state index contributed by atoms with van der Waals surface area (Å²) in [7, 11) is 1.15. The van der Waals surface area contributed by atoms with Gasteiger partial charge in [0, 0.05) is 24.5 Å². The van der Waals surface area contributed by atoms with Crippen LogP contribution in [0.25, 0.3) is 0 Å². The Morgan fingerprint density at radius 3 is 2.21 bits per heavy atom. The van der Waals surface area contributed by atoms with Gasteiger partial charge in [0.1, 0.15) is 6.04 Å². The maximum Gasteiger partial charge on any atom is 0.323 e. The van der Waals surface area contributed by atoms with Crippen molar-refractivity contribution >= 4 is 47.0 Å². The van der Waals surface area contributed by atoms with Crippen LogP contribution in [0.3, 0.4) is 0 Å². The minimum atomic E-state index is -1.28. The van der Waals surface area contributed by atoms with E-state index in [2.05, 4.69) is 31.3 Å². The number of aryl methyl sites for hydroxylation is 1. The van der Waals surface area contributed by atoms with Gasteiger partial charge in [-0.05, 0) is 49.1 Å². The summed E-state index contributed by atoms with van der Waals surface area (Å²) in [6, 6.07) is 12.3. The van der Waals surface area contributed by atoms with Gasteiger partial charge in [-0.25, -0.2) is 4.79 Å². The zero-order valence-electron chi connectivity index (χ0n) is 23.7. The lowest BCUT2D eigenvalue weighted by Crippen LogP contribution is -2.52. The number of nitrogens with one attached hydrogen (secondary N) is 5. The van der Waals surface area contributed by atoms with Gasteiger partial charge in [0.2, 0.25) is 23.6 Å². The number of anilines is 2. The first-order valence-corrected chi connectivity index (χ1v) is 13.6. The molecule has 5 N–H and O–H groups in total. The molecule has 6 amide bonds. The van der Waals surface area contributed by atoms with E-state index in [-0.39, 0.29) is 18.9 Å². The van der Waals surface area contributed by atoms with Crippen molar-refractivity contribution < 1.29 is 33.5 Å². The first-order chi connectivity index (χ1) is 20.1. The van der Waals surface area contributed by atoms with E-state index in [0.29, 0.717) is 30.0 Å². The number of carbonyl (C=O) groups is 6. The van der Waals surface area contributed by atoms with Crippen molar-refractivity contribution in [3.63, 3.8) is 0 Å². The zero-order valence-corrected chi connectivity index (χ0v) is 23.7. The summed E-state index contributed by atoms with van der Waals surface area (Å²) in [4.78, 5) is 75.3. The molecule has 1 aliphatic rings. The minimum absolute atomic E-state index is 0.0341. The Morgan fingerprint density at radius 1 is 0.857 bits per heavy atom. The standard InChI is InChI=1S/C29H36N6O7/c1-19-7-3-4-8-22(19)34-29(41)32-21-11-9-20(10-12-21)15-24(36)30-17-25(37)33-23(16-27(39)42-2)28(40)31-18-26(38)35-13-5-6-14-35/h3-4,7-12,23H,5-6,13-18H2,1-2H3,(H,30,36)(H,31,40)(H,33,37)(H2,32,34,41). The molecule has 224 valence electrons. The van der Waals surface area contributed by atoms with Crippen LogP contribution in [0.15, 0.2) is 48.5 Å². The number of hydrogen-bond donors (Lipinski definition) is 5. The average molecular weight is 581 g/mol. The van der Waals surface area contributed by atoms with Gasteiger partial charge in [-0.1, -0.05) is 30.3 Å². The quantitative estimate of drug-likeness (QED) is 0.234. The lowest BCUT2D eigenvalue weighted by molar-refractivity contribution is -0.143. The summed E-state index contributed by atoms with van der Waals surface area (Å²) >= 11 is 0. The molecule has 13 heteroatoms. The monoisotopic (exact) mass is 580 g/mol. The van der Waals surface area contributed by atoms with Gasteiger partial charge < -0.3 is 36.2 Å². The van der Waals surface area contributed by atoms with E-state index in [1.165, 1.54) is 0 Å². The van der Waals surface area contributed by atoms with Crippen LogP contribution in [0, 0.1) is 6.92 Å². The number of rotatable bonds is 12. The van der Waals surface area contributed by atoms with Crippen molar-refractivity contribution in [3.05, 3.63) is 59.7 Å². The van der Waals surface area contributed by atoms with Gasteiger partial charge in [0.05, 0.1) is 33.0 Å². The predicted molar refractivity (Wildman–Crippen MR) is 154 cm³/mol. The van der Waals surface area contributed by atoms with Gasteiger partial charge in [-0.3, -0.25) is 24.0 Å². The molecule has 2 aromatic rings. The van der Waals surface area contributed by atoms with E-state index in [1.54, 1.807) is 35.2 Å². The molecular formula is C29H36N6O7. The summed E-state index contributed by atoms with van der Waals surface area (Å²) in [6.07, 6.45) is 1.34. The van der Waals surface area contributed by atoms with Crippen LogP contribution in [-0.2, 0) is 35.1 Å². The molecule has 1 atom stereocenters. The largest absolute Gasteiger partial charge is 0.469 e.